The lowest BCUT2D eigenvalue weighted by molar-refractivity contribution is -0.205. The minimum absolute atomic E-state index is 0.0384. The van der Waals surface area contributed by atoms with Crippen LogP contribution in [0.25, 0.3) is 0 Å². The normalized spacial score (nSPS) is 29.8. The lowest BCUT2D eigenvalue weighted by Gasteiger charge is -2.29. The molecule has 40 heavy (non-hydrogen) atoms. The molecule has 0 spiro atoms. The maximum atomic E-state index is 12.7. The molecule has 0 aromatic rings. The molecule has 5 atom stereocenters. The molecule has 0 saturated carbocycles. The number of nitrogens with one attached hydrogen (secondary N) is 4. The number of allylic oxidation sites excluding steroid dienone is 1. The monoisotopic (exact) mass is 579 g/mol. The van der Waals surface area contributed by atoms with Crippen molar-refractivity contribution in [3.8, 4) is 0 Å². The largest absolute Gasteiger partial charge is 0.442 e. The third kappa shape index (κ3) is 8.12. The number of thioether (sulfide) groups is 1. The van der Waals surface area contributed by atoms with Crippen molar-refractivity contribution in [2.45, 2.75) is 94.6 Å². The van der Waals surface area contributed by atoms with Crippen molar-refractivity contribution < 1.29 is 33.5 Å². The van der Waals surface area contributed by atoms with E-state index in [0.29, 0.717) is 49.1 Å². The van der Waals surface area contributed by atoms with Crippen molar-refractivity contribution in [2.24, 2.45) is 5.41 Å². The van der Waals surface area contributed by atoms with E-state index in [-0.39, 0.29) is 31.0 Å². The quantitative estimate of drug-likeness (QED) is 0.118. The van der Waals surface area contributed by atoms with Gasteiger partial charge in [-0.3, -0.25) is 9.59 Å². The van der Waals surface area contributed by atoms with E-state index < -0.39 is 35.4 Å². The average Bonchev–Trinajstić information content (AvgIpc) is 3.56. The van der Waals surface area contributed by atoms with Gasteiger partial charge in [-0.15, -0.1) is 5.06 Å². The van der Waals surface area contributed by atoms with Gasteiger partial charge in [0.15, 0.2) is 0 Å². The molecule has 4 rings (SSSR count). The summed E-state index contributed by atoms with van der Waals surface area (Å²) in [4.78, 5) is 65.1. The molecule has 0 aromatic carbocycles. The molecule has 4 aliphatic rings. The second kappa shape index (κ2) is 14.2. The number of ether oxygens (including phenoxy) is 1. The minimum Gasteiger partial charge on any atom is -0.442 e. The Bertz CT molecular complexity index is 978. The van der Waals surface area contributed by atoms with Gasteiger partial charge in [-0.25, -0.2) is 14.4 Å². The van der Waals surface area contributed by atoms with Gasteiger partial charge in [-0.1, -0.05) is 18.9 Å². The van der Waals surface area contributed by atoms with Crippen LogP contribution < -0.4 is 21.3 Å². The molecular weight excluding hydrogens is 538 g/mol. The Kier molecular flexibility index (Phi) is 10.7. The second-order valence-electron chi connectivity index (χ2n) is 11.1. The maximum absolute atomic E-state index is 12.7. The summed E-state index contributed by atoms with van der Waals surface area (Å²) in [6.07, 6.45) is 9.23. The van der Waals surface area contributed by atoms with Crippen molar-refractivity contribution >= 4 is 41.7 Å². The Balaban J connectivity index is 1.03. The highest BCUT2D eigenvalue weighted by Crippen LogP contribution is 2.34. The first-order chi connectivity index (χ1) is 19.2. The molecule has 5 unspecified atom stereocenters. The Hall–Kier alpha value is -2.80. The SMILES string of the molecule is CC1(C(=O)ON2C(=O)CCC2=O)CC=CC(OC(=O)NCCNCCCCCC2SCC3NC(=O)NC32)CCC1. The summed E-state index contributed by atoms with van der Waals surface area (Å²) in [5.41, 5.74) is -0.873. The number of carbonyl (C=O) groups is 5. The summed E-state index contributed by atoms with van der Waals surface area (Å²) in [6.45, 7) is 3.74. The predicted molar refractivity (Wildman–Crippen MR) is 148 cm³/mol. The number of rotatable bonds is 12. The average molecular weight is 580 g/mol. The molecule has 0 bridgehead atoms. The van der Waals surface area contributed by atoms with Crippen LogP contribution >= 0.6 is 11.8 Å². The molecule has 0 aromatic heterocycles. The van der Waals surface area contributed by atoms with Crippen molar-refractivity contribution in [2.75, 3.05) is 25.4 Å². The second-order valence-corrected chi connectivity index (χ2v) is 12.4. The third-order valence-corrected chi connectivity index (χ3v) is 9.43. The summed E-state index contributed by atoms with van der Waals surface area (Å²) in [7, 11) is 0. The first-order valence-electron chi connectivity index (χ1n) is 14.3. The molecular formula is C27H41N5O7S. The zero-order valence-corrected chi connectivity index (χ0v) is 23.9. The van der Waals surface area contributed by atoms with E-state index in [1.165, 1.54) is 0 Å². The Labute approximate surface area is 239 Å². The lowest BCUT2D eigenvalue weighted by atomic mass is 9.80. The fourth-order valence-electron chi connectivity index (χ4n) is 5.48. The van der Waals surface area contributed by atoms with Crippen molar-refractivity contribution in [1.82, 2.24) is 26.3 Å². The lowest BCUT2D eigenvalue weighted by Crippen LogP contribution is -2.39. The van der Waals surface area contributed by atoms with Gasteiger partial charge in [-0.05, 0) is 58.1 Å². The number of unbranched alkanes of at least 4 members (excludes halogenated alkanes) is 2. The van der Waals surface area contributed by atoms with Crippen LogP contribution in [0.2, 0.25) is 0 Å². The van der Waals surface area contributed by atoms with E-state index in [0.717, 1.165) is 38.0 Å². The van der Waals surface area contributed by atoms with Crippen LogP contribution in [0, 0.1) is 5.41 Å². The van der Waals surface area contributed by atoms with Crippen LogP contribution in [0.3, 0.4) is 0 Å². The first kappa shape index (κ1) is 30.2. The fraction of sp³-hybridized carbons (Fsp3) is 0.741. The summed E-state index contributed by atoms with van der Waals surface area (Å²) >= 11 is 1.95. The zero-order chi connectivity index (χ0) is 28.5. The molecule has 13 heteroatoms. The topological polar surface area (TPSA) is 155 Å². The number of nitrogens with zero attached hydrogens (tertiary/aromatic N) is 1. The number of alkyl carbamates (subject to hydrolysis) is 1. The van der Waals surface area contributed by atoms with Crippen molar-refractivity contribution in [1.29, 1.82) is 0 Å². The molecule has 1 aliphatic carbocycles. The molecule has 222 valence electrons. The van der Waals surface area contributed by atoms with E-state index >= 15 is 0 Å². The van der Waals surface area contributed by atoms with Crippen LogP contribution in [0.15, 0.2) is 12.2 Å². The van der Waals surface area contributed by atoms with Gasteiger partial charge in [0.05, 0.1) is 17.5 Å². The van der Waals surface area contributed by atoms with Gasteiger partial charge >= 0.3 is 18.1 Å². The smallest absolute Gasteiger partial charge is 0.407 e. The fourth-order valence-corrected chi connectivity index (χ4v) is 7.02. The number of carbonyl (C=O) groups excluding carboxylic acids is 5. The predicted octanol–water partition coefficient (Wildman–Crippen LogP) is 2.14. The molecule has 5 amide bonds. The number of amides is 5. The van der Waals surface area contributed by atoms with E-state index in [1.807, 2.05) is 11.8 Å². The number of urea groups is 1. The van der Waals surface area contributed by atoms with Gasteiger partial charge < -0.3 is 30.8 Å². The van der Waals surface area contributed by atoms with Crippen LogP contribution in [0.4, 0.5) is 9.59 Å². The van der Waals surface area contributed by atoms with Crippen molar-refractivity contribution in [3.63, 3.8) is 0 Å². The van der Waals surface area contributed by atoms with Crippen molar-refractivity contribution in [3.05, 3.63) is 12.2 Å². The molecule has 3 heterocycles. The van der Waals surface area contributed by atoms with E-state index in [2.05, 4.69) is 21.3 Å². The van der Waals surface area contributed by atoms with Gasteiger partial charge in [0.25, 0.3) is 11.8 Å². The van der Waals surface area contributed by atoms with Crippen LogP contribution in [-0.2, 0) is 24.0 Å². The third-order valence-electron chi connectivity index (χ3n) is 7.92. The number of hydrogen-bond acceptors (Lipinski definition) is 9. The van der Waals surface area contributed by atoms with Gasteiger partial charge in [0, 0.05) is 36.9 Å². The molecule has 3 fully saturated rings. The summed E-state index contributed by atoms with van der Waals surface area (Å²) in [6, 6.07) is 0.508. The molecule has 3 aliphatic heterocycles. The highest BCUT2D eigenvalue weighted by Gasteiger charge is 2.43. The van der Waals surface area contributed by atoms with Crippen LogP contribution in [0.1, 0.15) is 71.1 Å². The molecule has 12 nitrogen and oxygen atoms in total. The summed E-state index contributed by atoms with van der Waals surface area (Å²) < 4.78 is 5.53. The van der Waals surface area contributed by atoms with Gasteiger partial charge in [-0.2, -0.15) is 11.8 Å². The molecule has 0 radical (unpaired) electrons. The Morgan fingerprint density at radius 1 is 1.10 bits per heavy atom. The minimum atomic E-state index is -0.873. The number of fused-ring (bicyclic) bond motifs is 1. The van der Waals surface area contributed by atoms with Crippen LogP contribution in [0.5, 0.6) is 0 Å². The standard InChI is InChI=1S/C27H41N5O7S/c1-27(24(35)39-32-21(33)10-11-22(32)34)12-5-7-18(8-6-13-27)38-26(37)29-16-15-28-14-4-2-3-9-20-23-19(17-40-20)30-25(36)31-23/h5,7,18-20,23,28H,2-4,6,8-17H2,1H3,(H,29,37)(H2,30,31,36). The Morgan fingerprint density at radius 3 is 2.70 bits per heavy atom. The molecule has 3 saturated heterocycles. The van der Waals surface area contributed by atoms with E-state index in [4.69, 9.17) is 9.57 Å². The number of hydroxylamine groups is 2. The zero-order valence-electron chi connectivity index (χ0n) is 23.1. The van der Waals surface area contributed by atoms with E-state index in [1.54, 1.807) is 19.1 Å². The highest BCUT2D eigenvalue weighted by molar-refractivity contribution is 8.00. The summed E-state index contributed by atoms with van der Waals surface area (Å²) in [5.74, 6) is -0.603. The molecule has 4 N–H and O–H groups in total. The van der Waals surface area contributed by atoms with Gasteiger partial charge in [0.2, 0.25) is 0 Å². The first-order valence-corrected chi connectivity index (χ1v) is 15.4. The maximum Gasteiger partial charge on any atom is 0.407 e. The van der Waals surface area contributed by atoms with E-state index in [9.17, 15) is 24.0 Å². The highest BCUT2D eigenvalue weighted by atomic mass is 32.2. The number of imide groups is 1. The summed E-state index contributed by atoms with van der Waals surface area (Å²) in [5, 5.41) is 13.2. The number of hydrogen-bond donors (Lipinski definition) is 4. The van der Waals surface area contributed by atoms with Gasteiger partial charge in [0.1, 0.15) is 6.10 Å². The van der Waals surface area contributed by atoms with Crippen LogP contribution in [-0.4, -0.2) is 83.8 Å². The Morgan fingerprint density at radius 2 is 1.90 bits per heavy atom.